The first kappa shape index (κ1) is 20.3. The lowest BCUT2D eigenvalue weighted by molar-refractivity contribution is 0.0953. The molecule has 3 aromatic rings. The first-order valence-electron chi connectivity index (χ1n) is 8.88. The Bertz CT molecular complexity index is 1110. The van der Waals surface area contributed by atoms with Crippen molar-refractivity contribution in [2.24, 2.45) is 0 Å². The number of nitrogens with one attached hydrogen (secondary N) is 2. The van der Waals surface area contributed by atoms with Gasteiger partial charge in [0.05, 0.1) is 16.9 Å². The summed E-state index contributed by atoms with van der Waals surface area (Å²) in [5.74, 6) is -0.909. The highest BCUT2D eigenvalue weighted by molar-refractivity contribution is 7.91. The van der Waals surface area contributed by atoms with Gasteiger partial charge in [-0.3, -0.25) is 9.59 Å². The number of hydrogen-bond acceptors (Lipinski definition) is 5. The Morgan fingerprint density at radius 3 is 2.41 bits per heavy atom. The first-order chi connectivity index (χ1) is 13.9. The molecule has 0 saturated heterocycles. The normalized spacial score (nSPS) is 11.1. The van der Waals surface area contributed by atoms with Crippen molar-refractivity contribution in [3.63, 3.8) is 0 Å². The SMILES string of the molecule is Cc1ccc(C(=O)NCCS(=O)(=O)c2ccccc2)cc1NC(=O)c1ccco1. The fraction of sp³-hybridized carbons (Fsp3) is 0.143. The van der Waals surface area contributed by atoms with Gasteiger partial charge in [-0.15, -0.1) is 0 Å². The van der Waals surface area contributed by atoms with E-state index in [1.54, 1.807) is 43.3 Å². The zero-order valence-corrected chi connectivity index (χ0v) is 16.5. The summed E-state index contributed by atoms with van der Waals surface area (Å²) in [6.07, 6.45) is 1.40. The Hall–Kier alpha value is -3.39. The molecule has 3 rings (SSSR count). The van der Waals surface area contributed by atoms with E-state index in [1.807, 2.05) is 0 Å². The van der Waals surface area contributed by atoms with Crippen molar-refractivity contribution in [1.29, 1.82) is 0 Å². The number of hydrogen-bond donors (Lipinski definition) is 2. The molecule has 0 saturated carbocycles. The van der Waals surface area contributed by atoms with Crippen molar-refractivity contribution in [3.05, 3.63) is 83.8 Å². The van der Waals surface area contributed by atoms with E-state index in [-0.39, 0.29) is 23.0 Å². The van der Waals surface area contributed by atoms with Gasteiger partial charge in [-0.25, -0.2) is 8.42 Å². The Labute approximate surface area is 168 Å². The molecular weight excluding hydrogens is 392 g/mol. The molecule has 150 valence electrons. The molecule has 29 heavy (non-hydrogen) atoms. The third-order valence-corrected chi connectivity index (χ3v) is 5.98. The van der Waals surface area contributed by atoms with Crippen LogP contribution in [0.3, 0.4) is 0 Å². The molecule has 0 bridgehead atoms. The van der Waals surface area contributed by atoms with Crippen molar-refractivity contribution in [3.8, 4) is 0 Å². The monoisotopic (exact) mass is 412 g/mol. The van der Waals surface area contributed by atoms with Crippen LogP contribution in [0.15, 0.2) is 76.2 Å². The summed E-state index contributed by atoms with van der Waals surface area (Å²) in [7, 11) is -3.48. The molecule has 8 heteroatoms. The van der Waals surface area contributed by atoms with Gasteiger partial charge in [0, 0.05) is 17.8 Å². The van der Waals surface area contributed by atoms with Gasteiger partial charge in [0.15, 0.2) is 15.6 Å². The van der Waals surface area contributed by atoms with Crippen LogP contribution in [0.4, 0.5) is 5.69 Å². The predicted octanol–water partition coefficient (Wildman–Crippen LogP) is 3.04. The quantitative estimate of drug-likeness (QED) is 0.620. The third-order valence-electron chi connectivity index (χ3n) is 4.25. The number of benzene rings is 2. The van der Waals surface area contributed by atoms with Gasteiger partial charge >= 0.3 is 0 Å². The van der Waals surface area contributed by atoms with Gasteiger partial charge in [-0.2, -0.15) is 0 Å². The molecule has 0 fully saturated rings. The predicted molar refractivity (Wildman–Crippen MR) is 109 cm³/mol. The Kier molecular flexibility index (Phi) is 6.13. The smallest absolute Gasteiger partial charge is 0.291 e. The van der Waals surface area contributed by atoms with Crippen molar-refractivity contribution < 1.29 is 22.4 Å². The molecule has 0 atom stereocenters. The maximum Gasteiger partial charge on any atom is 0.291 e. The van der Waals surface area contributed by atoms with E-state index in [0.29, 0.717) is 11.3 Å². The molecule has 2 N–H and O–H groups in total. The summed E-state index contributed by atoms with van der Waals surface area (Å²) in [6, 6.07) is 16.1. The van der Waals surface area contributed by atoms with Crippen molar-refractivity contribution >= 4 is 27.3 Å². The fourth-order valence-corrected chi connectivity index (χ4v) is 3.81. The first-order valence-corrected chi connectivity index (χ1v) is 10.5. The third kappa shape index (κ3) is 5.11. The minimum absolute atomic E-state index is 0.0297. The van der Waals surface area contributed by atoms with Crippen LogP contribution in [0.2, 0.25) is 0 Å². The maximum atomic E-state index is 12.4. The largest absolute Gasteiger partial charge is 0.459 e. The highest BCUT2D eigenvalue weighted by atomic mass is 32.2. The van der Waals surface area contributed by atoms with Crippen LogP contribution in [0.5, 0.6) is 0 Å². The van der Waals surface area contributed by atoms with E-state index >= 15 is 0 Å². The summed E-state index contributed by atoms with van der Waals surface area (Å²) in [5, 5.41) is 5.30. The van der Waals surface area contributed by atoms with Crippen molar-refractivity contribution in [2.75, 3.05) is 17.6 Å². The summed E-state index contributed by atoms with van der Waals surface area (Å²) in [4.78, 5) is 24.8. The molecule has 2 amide bonds. The second kappa shape index (κ2) is 8.74. The van der Waals surface area contributed by atoms with Gasteiger partial charge in [0.2, 0.25) is 0 Å². The molecule has 0 aliphatic heterocycles. The molecule has 1 aromatic heterocycles. The molecule has 7 nitrogen and oxygen atoms in total. The van der Waals surface area contributed by atoms with Gasteiger partial charge < -0.3 is 15.1 Å². The van der Waals surface area contributed by atoms with Crippen LogP contribution in [0, 0.1) is 6.92 Å². The zero-order valence-electron chi connectivity index (χ0n) is 15.7. The van der Waals surface area contributed by atoms with Crippen LogP contribution in [-0.2, 0) is 9.84 Å². The lowest BCUT2D eigenvalue weighted by Gasteiger charge is -2.11. The zero-order chi connectivity index (χ0) is 20.9. The van der Waals surface area contributed by atoms with Crippen LogP contribution >= 0.6 is 0 Å². The van der Waals surface area contributed by atoms with E-state index in [2.05, 4.69) is 10.6 Å². The van der Waals surface area contributed by atoms with Crippen LogP contribution in [0.25, 0.3) is 0 Å². The number of amides is 2. The van der Waals surface area contributed by atoms with Crippen LogP contribution in [-0.4, -0.2) is 32.5 Å². The van der Waals surface area contributed by atoms with E-state index in [9.17, 15) is 18.0 Å². The highest BCUT2D eigenvalue weighted by Gasteiger charge is 2.16. The molecule has 0 aliphatic rings. The molecule has 0 radical (unpaired) electrons. The number of furan rings is 1. The average Bonchev–Trinajstić information content (AvgIpc) is 3.25. The number of carbonyl (C=O) groups excluding carboxylic acids is 2. The molecule has 0 aliphatic carbocycles. The van der Waals surface area contributed by atoms with E-state index < -0.39 is 21.7 Å². The summed E-state index contributed by atoms with van der Waals surface area (Å²) in [5.41, 5.74) is 1.55. The van der Waals surface area contributed by atoms with Gasteiger partial charge in [0.1, 0.15) is 0 Å². The minimum atomic E-state index is -3.48. The maximum absolute atomic E-state index is 12.4. The molecule has 2 aromatic carbocycles. The molecular formula is C21H20N2O5S. The van der Waals surface area contributed by atoms with Crippen LogP contribution < -0.4 is 10.6 Å². The molecule has 0 unspecified atom stereocenters. The van der Waals surface area contributed by atoms with Crippen molar-refractivity contribution in [1.82, 2.24) is 5.32 Å². The lowest BCUT2D eigenvalue weighted by Crippen LogP contribution is -2.29. The van der Waals surface area contributed by atoms with Crippen LogP contribution in [0.1, 0.15) is 26.5 Å². The van der Waals surface area contributed by atoms with Gasteiger partial charge in [-0.1, -0.05) is 24.3 Å². The summed E-state index contributed by atoms with van der Waals surface area (Å²) >= 11 is 0. The standard InChI is InChI=1S/C21H20N2O5S/c1-15-9-10-16(14-18(15)23-21(25)19-8-5-12-28-19)20(24)22-11-13-29(26,27)17-6-3-2-4-7-17/h2-10,12,14H,11,13H2,1H3,(H,22,24)(H,23,25). The Morgan fingerprint density at radius 1 is 0.966 bits per heavy atom. The van der Waals surface area contributed by atoms with E-state index in [0.717, 1.165) is 5.56 Å². The Balaban J connectivity index is 1.63. The van der Waals surface area contributed by atoms with Crippen molar-refractivity contribution in [2.45, 2.75) is 11.8 Å². The van der Waals surface area contributed by atoms with E-state index in [1.165, 1.54) is 30.5 Å². The number of anilines is 1. The second-order valence-electron chi connectivity index (χ2n) is 6.35. The second-order valence-corrected chi connectivity index (χ2v) is 8.46. The molecule has 1 heterocycles. The highest BCUT2D eigenvalue weighted by Crippen LogP contribution is 2.18. The number of sulfone groups is 1. The topological polar surface area (TPSA) is 105 Å². The summed E-state index contributed by atoms with van der Waals surface area (Å²) < 4.78 is 29.6. The summed E-state index contributed by atoms with van der Waals surface area (Å²) in [6.45, 7) is 1.77. The van der Waals surface area contributed by atoms with Gasteiger partial charge in [-0.05, 0) is 48.9 Å². The number of rotatable bonds is 7. The Morgan fingerprint density at radius 2 is 1.72 bits per heavy atom. The fourth-order valence-electron chi connectivity index (χ4n) is 2.64. The number of aryl methyl sites for hydroxylation is 1. The average molecular weight is 412 g/mol. The minimum Gasteiger partial charge on any atom is -0.459 e. The van der Waals surface area contributed by atoms with E-state index in [4.69, 9.17) is 4.42 Å². The number of carbonyl (C=O) groups is 2. The molecule has 0 spiro atoms. The van der Waals surface area contributed by atoms with Gasteiger partial charge in [0.25, 0.3) is 11.8 Å². The lowest BCUT2D eigenvalue weighted by atomic mass is 10.1.